The maximum absolute atomic E-state index is 12.3. The summed E-state index contributed by atoms with van der Waals surface area (Å²) in [5.74, 6) is 0.808. The lowest BCUT2D eigenvalue weighted by Crippen LogP contribution is -2.21. The van der Waals surface area contributed by atoms with E-state index in [0.29, 0.717) is 27.3 Å². The quantitative estimate of drug-likeness (QED) is 0.670. The van der Waals surface area contributed by atoms with Crippen LogP contribution in [-0.4, -0.2) is 12.5 Å². The molecule has 0 radical (unpaired) electrons. The molecule has 1 aliphatic rings. The number of amides is 1. The first-order valence-electron chi connectivity index (χ1n) is 8.66. The Hall–Kier alpha value is -1.94. The van der Waals surface area contributed by atoms with E-state index in [1.54, 1.807) is 18.2 Å². The summed E-state index contributed by atoms with van der Waals surface area (Å²) >= 11 is 12.8. The number of hydrogen-bond acceptors (Lipinski definition) is 5. The molecule has 27 heavy (non-hydrogen) atoms. The predicted octanol–water partition coefficient (Wildman–Crippen LogP) is 5.45. The average Bonchev–Trinajstić information content (AvgIpc) is 2.63. The molecule has 3 rings (SSSR count). The minimum Gasteiger partial charge on any atom is -0.484 e. The van der Waals surface area contributed by atoms with Crippen molar-refractivity contribution >= 4 is 46.1 Å². The summed E-state index contributed by atoms with van der Waals surface area (Å²) in [5, 5.41) is 13.6. The van der Waals surface area contributed by atoms with Crippen LogP contribution < -0.4 is 10.1 Å². The average molecular weight is 419 g/mol. The first-order chi connectivity index (χ1) is 12.9. The van der Waals surface area contributed by atoms with Gasteiger partial charge >= 0.3 is 0 Å². The van der Waals surface area contributed by atoms with E-state index < -0.39 is 0 Å². The molecule has 7 heteroatoms. The van der Waals surface area contributed by atoms with Gasteiger partial charge < -0.3 is 10.1 Å². The number of rotatable bonds is 4. The lowest BCUT2D eigenvalue weighted by Gasteiger charge is -2.23. The van der Waals surface area contributed by atoms with E-state index in [2.05, 4.69) is 18.3 Å². The maximum atomic E-state index is 12.3. The van der Waals surface area contributed by atoms with Crippen LogP contribution in [0, 0.1) is 28.0 Å². The van der Waals surface area contributed by atoms with E-state index in [9.17, 15) is 10.1 Å². The third-order valence-electron chi connectivity index (χ3n) is 4.64. The summed E-state index contributed by atoms with van der Waals surface area (Å²) in [5.41, 5.74) is 3.49. The topological polar surface area (TPSA) is 62.1 Å². The monoisotopic (exact) mass is 418 g/mol. The van der Waals surface area contributed by atoms with Gasteiger partial charge in [0.2, 0.25) is 0 Å². The van der Waals surface area contributed by atoms with Gasteiger partial charge in [-0.1, -0.05) is 30.7 Å². The van der Waals surface area contributed by atoms with Crippen molar-refractivity contribution in [1.82, 2.24) is 0 Å². The van der Waals surface area contributed by atoms with E-state index >= 15 is 0 Å². The second-order valence-electron chi connectivity index (χ2n) is 6.76. The third kappa shape index (κ3) is 4.49. The molecule has 0 aliphatic heterocycles. The van der Waals surface area contributed by atoms with Crippen molar-refractivity contribution in [2.45, 2.75) is 33.1 Å². The molecule has 1 amide bonds. The number of nitriles is 1. The van der Waals surface area contributed by atoms with E-state index in [4.69, 9.17) is 28.6 Å². The Morgan fingerprint density at radius 1 is 1.48 bits per heavy atom. The number of ether oxygens (including phenoxy) is 1. The van der Waals surface area contributed by atoms with Crippen molar-refractivity contribution in [2.24, 2.45) is 5.92 Å². The number of anilines is 1. The largest absolute Gasteiger partial charge is 0.484 e. The highest BCUT2D eigenvalue weighted by Gasteiger charge is 2.23. The number of carbonyl (C=O) groups excluding carboxylic acids is 1. The molecule has 0 saturated carbocycles. The smallest absolute Gasteiger partial charge is 0.262 e. The van der Waals surface area contributed by atoms with Gasteiger partial charge in [-0.3, -0.25) is 4.79 Å². The Balaban J connectivity index is 1.76. The second-order valence-corrected chi connectivity index (χ2v) is 8.85. The number of nitrogens with zero attached hydrogens (tertiary/aromatic N) is 1. The molecular weight excluding hydrogens is 400 g/mol. The number of benzene rings is 1. The zero-order valence-electron chi connectivity index (χ0n) is 15.1. The van der Waals surface area contributed by atoms with Crippen molar-refractivity contribution in [3.8, 4) is 11.8 Å². The van der Waals surface area contributed by atoms with Crippen LogP contribution in [0.25, 0.3) is 0 Å². The fourth-order valence-electron chi connectivity index (χ4n) is 3.16. The number of hydrogen-bond donors (Lipinski definition) is 1. The number of fused-ring (bicyclic) bond motifs is 1. The first kappa shape index (κ1) is 19.8. The molecule has 140 valence electrons. The minimum absolute atomic E-state index is 0.153. The molecule has 1 atom stereocenters. The van der Waals surface area contributed by atoms with Crippen LogP contribution in [0.15, 0.2) is 18.2 Å². The van der Waals surface area contributed by atoms with Gasteiger partial charge in [0.1, 0.15) is 16.8 Å². The molecular formula is C20H19ClN2O2S2. The van der Waals surface area contributed by atoms with E-state index in [1.807, 2.05) is 6.92 Å². The highest BCUT2D eigenvalue weighted by Crippen LogP contribution is 2.35. The fraction of sp³-hybridized carbons (Fsp3) is 0.350. The molecule has 1 aliphatic carbocycles. The molecule has 0 spiro atoms. The van der Waals surface area contributed by atoms with Crippen molar-refractivity contribution in [3.05, 3.63) is 49.3 Å². The van der Waals surface area contributed by atoms with Crippen LogP contribution >= 0.6 is 35.2 Å². The van der Waals surface area contributed by atoms with E-state index in [0.717, 1.165) is 39.8 Å². The third-order valence-corrected chi connectivity index (χ3v) is 6.50. The van der Waals surface area contributed by atoms with Gasteiger partial charge in [0.15, 0.2) is 6.61 Å². The van der Waals surface area contributed by atoms with Gasteiger partial charge in [0.05, 0.1) is 9.39 Å². The Morgan fingerprint density at radius 3 is 2.96 bits per heavy atom. The molecule has 0 fully saturated rings. The van der Waals surface area contributed by atoms with E-state index in [1.165, 1.54) is 11.3 Å². The molecule has 1 aromatic carbocycles. The van der Waals surface area contributed by atoms with E-state index in [-0.39, 0.29) is 12.5 Å². The Bertz CT molecular complexity index is 995. The molecule has 1 heterocycles. The SMILES string of the molecule is Cc1cc(OCC(=O)Nc2sc(=S)c3c(c2C#N)CCC(C)C3)ccc1Cl. The number of nitrogens with one attached hydrogen (secondary N) is 1. The standard InChI is InChI=1S/C20H19ClN2O2S2/c1-11-3-5-14-15(7-11)20(26)27-19(16(14)9-22)23-18(24)10-25-13-4-6-17(21)12(2)8-13/h4,6,8,11H,3,5,7,10H2,1-2H3,(H,23,24). The first-order valence-corrected chi connectivity index (χ1v) is 10.3. The Morgan fingerprint density at radius 2 is 2.26 bits per heavy atom. The van der Waals surface area contributed by atoms with Crippen LogP contribution in [0.1, 0.15) is 35.6 Å². The normalized spacial score (nSPS) is 15.6. The molecule has 2 aromatic rings. The summed E-state index contributed by atoms with van der Waals surface area (Å²) in [4.78, 5) is 12.3. The van der Waals surface area contributed by atoms with Crippen LogP contribution in [0.2, 0.25) is 5.02 Å². The van der Waals surface area contributed by atoms with Crippen molar-refractivity contribution in [2.75, 3.05) is 11.9 Å². The number of halogens is 1. The predicted molar refractivity (Wildman–Crippen MR) is 111 cm³/mol. The Kier molecular flexibility index (Phi) is 6.15. The summed E-state index contributed by atoms with van der Waals surface area (Å²) < 4.78 is 6.28. The lowest BCUT2D eigenvalue weighted by molar-refractivity contribution is -0.118. The fourth-order valence-corrected chi connectivity index (χ4v) is 4.69. The van der Waals surface area contributed by atoms with Gasteiger partial charge in [0.25, 0.3) is 5.91 Å². The maximum Gasteiger partial charge on any atom is 0.262 e. The Labute approximate surface area is 172 Å². The van der Waals surface area contributed by atoms with Crippen LogP contribution in [0.5, 0.6) is 5.75 Å². The number of aryl methyl sites for hydroxylation is 1. The summed E-state index contributed by atoms with van der Waals surface area (Å²) in [6.45, 7) is 3.91. The van der Waals surface area contributed by atoms with Crippen LogP contribution in [-0.2, 0) is 17.6 Å². The number of carbonyl (C=O) groups is 1. The van der Waals surface area contributed by atoms with Crippen molar-refractivity contribution in [3.63, 3.8) is 0 Å². The summed E-state index contributed by atoms with van der Waals surface area (Å²) in [6, 6.07) is 7.48. The highest BCUT2D eigenvalue weighted by molar-refractivity contribution is 7.73. The summed E-state index contributed by atoms with van der Waals surface area (Å²) in [7, 11) is 0. The van der Waals surface area contributed by atoms with Gasteiger partial charge in [-0.15, -0.1) is 11.3 Å². The minimum atomic E-state index is -0.325. The highest BCUT2D eigenvalue weighted by atomic mass is 35.5. The molecule has 0 bridgehead atoms. The van der Waals surface area contributed by atoms with Crippen LogP contribution in [0.3, 0.4) is 0 Å². The molecule has 1 N–H and O–H groups in total. The zero-order chi connectivity index (χ0) is 19.6. The van der Waals surface area contributed by atoms with Crippen molar-refractivity contribution in [1.29, 1.82) is 5.26 Å². The lowest BCUT2D eigenvalue weighted by atomic mass is 9.85. The summed E-state index contributed by atoms with van der Waals surface area (Å²) in [6.07, 6.45) is 2.74. The van der Waals surface area contributed by atoms with Crippen molar-refractivity contribution < 1.29 is 9.53 Å². The van der Waals surface area contributed by atoms with Crippen LogP contribution in [0.4, 0.5) is 5.00 Å². The molecule has 1 unspecified atom stereocenters. The zero-order valence-corrected chi connectivity index (χ0v) is 17.5. The van der Waals surface area contributed by atoms with Gasteiger partial charge in [0, 0.05) is 5.02 Å². The molecule has 1 aromatic heterocycles. The van der Waals surface area contributed by atoms with Gasteiger partial charge in [-0.05, 0) is 67.0 Å². The molecule has 0 saturated heterocycles. The van der Waals surface area contributed by atoms with Gasteiger partial charge in [-0.25, -0.2) is 0 Å². The second kappa shape index (κ2) is 8.39. The molecule has 4 nitrogen and oxygen atoms in total. The van der Waals surface area contributed by atoms with Gasteiger partial charge in [-0.2, -0.15) is 5.26 Å².